The van der Waals surface area contributed by atoms with Crippen molar-refractivity contribution >= 4 is 11.8 Å². The fourth-order valence-corrected chi connectivity index (χ4v) is 4.09. The van der Waals surface area contributed by atoms with Crippen molar-refractivity contribution in [2.45, 2.75) is 37.1 Å². The summed E-state index contributed by atoms with van der Waals surface area (Å²) in [6.07, 6.45) is 1.25. The molecular formula is C19H23NS. The zero-order valence-electron chi connectivity index (χ0n) is 12.8. The molecule has 2 unspecified atom stereocenters. The van der Waals surface area contributed by atoms with Crippen LogP contribution in [0.3, 0.4) is 0 Å². The average molecular weight is 297 g/mol. The predicted molar refractivity (Wildman–Crippen MR) is 92.1 cm³/mol. The predicted octanol–water partition coefficient (Wildman–Crippen LogP) is 4.79. The lowest BCUT2D eigenvalue weighted by Crippen LogP contribution is -2.19. The fourth-order valence-electron chi connectivity index (χ4n) is 3.01. The largest absolute Gasteiger partial charge is 0.310 e. The standard InChI is InChI=1S/C19H23NS/c1-3-20-14(2)15-8-6-9-18(12-15)21-13-17-11-16-7-4-5-10-19(16)17/h4-10,12,14,17,20H,3,11,13H2,1-2H3. The van der Waals surface area contributed by atoms with Crippen LogP contribution in [0.25, 0.3) is 0 Å². The lowest BCUT2D eigenvalue weighted by atomic mass is 9.79. The minimum absolute atomic E-state index is 0.431. The van der Waals surface area contributed by atoms with Crippen molar-refractivity contribution in [2.24, 2.45) is 0 Å². The molecule has 2 atom stereocenters. The molecule has 2 heteroatoms. The molecule has 0 radical (unpaired) electrons. The van der Waals surface area contributed by atoms with E-state index in [0.717, 1.165) is 12.5 Å². The first-order valence-electron chi connectivity index (χ1n) is 7.82. The monoisotopic (exact) mass is 297 g/mol. The fraction of sp³-hybridized carbons (Fsp3) is 0.368. The first-order chi connectivity index (χ1) is 10.3. The Kier molecular flexibility index (Phi) is 4.67. The van der Waals surface area contributed by atoms with E-state index in [2.05, 4.69) is 67.7 Å². The molecule has 0 bridgehead atoms. The van der Waals surface area contributed by atoms with Crippen molar-refractivity contribution < 1.29 is 0 Å². The first-order valence-corrected chi connectivity index (χ1v) is 8.80. The Bertz CT molecular complexity index is 608. The third-order valence-electron chi connectivity index (χ3n) is 4.28. The van der Waals surface area contributed by atoms with Crippen molar-refractivity contribution in [3.8, 4) is 0 Å². The first kappa shape index (κ1) is 14.7. The van der Waals surface area contributed by atoms with Crippen molar-refractivity contribution in [2.75, 3.05) is 12.3 Å². The molecule has 110 valence electrons. The molecule has 0 fully saturated rings. The van der Waals surface area contributed by atoms with Crippen LogP contribution >= 0.6 is 11.8 Å². The van der Waals surface area contributed by atoms with E-state index in [1.807, 2.05) is 11.8 Å². The molecule has 0 saturated heterocycles. The topological polar surface area (TPSA) is 12.0 Å². The van der Waals surface area contributed by atoms with Crippen LogP contribution in [-0.4, -0.2) is 12.3 Å². The summed E-state index contributed by atoms with van der Waals surface area (Å²) < 4.78 is 0. The van der Waals surface area contributed by atoms with Crippen molar-refractivity contribution in [3.05, 3.63) is 65.2 Å². The van der Waals surface area contributed by atoms with Crippen molar-refractivity contribution in [1.29, 1.82) is 0 Å². The summed E-state index contributed by atoms with van der Waals surface area (Å²) >= 11 is 1.99. The molecule has 0 amide bonds. The summed E-state index contributed by atoms with van der Waals surface area (Å²) in [5.41, 5.74) is 4.48. The van der Waals surface area contributed by atoms with Crippen molar-refractivity contribution in [3.63, 3.8) is 0 Å². The maximum atomic E-state index is 3.48. The van der Waals surface area contributed by atoms with E-state index in [9.17, 15) is 0 Å². The van der Waals surface area contributed by atoms with Gasteiger partial charge in [-0.1, -0.05) is 43.3 Å². The molecule has 0 saturated carbocycles. The Balaban J connectivity index is 1.60. The third-order valence-corrected chi connectivity index (χ3v) is 5.44. The molecule has 0 aromatic heterocycles. The summed E-state index contributed by atoms with van der Waals surface area (Å²) in [6.45, 7) is 5.40. The summed E-state index contributed by atoms with van der Waals surface area (Å²) in [4.78, 5) is 1.39. The number of rotatable bonds is 6. The van der Waals surface area contributed by atoms with Gasteiger partial charge in [0.1, 0.15) is 0 Å². The molecule has 2 aromatic rings. The maximum Gasteiger partial charge on any atom is 0.0292 e. The molecule has 1 N–H and O–H groups in total. The lowest BCUT2D eigenvalue weighted by molar-refractivity contribution is 0.597. The molecule has 0 spiro atoms. The van der Waals surface area contributed by atoms with E-state index < -0.39 is 0 Å². The molecule has 0 heterocycles. The van der Waals surface area contributed by atoms with Gasteiger partial charge in [0.15, 0.2) is 0 Å². The van der Waals surface area contributed by atoms with E-state index in [0.29, 0.717) is 6.04 Å². The van der Waals surface area contributed by atoms with Crippen LogP contribution in [0.1, 0.15) is 42.5 Å². The van der Waals surface area contributed by atoms with Gasteiger partial charge in [0.25, 0.3) is 0 Å². The van der Waals surface area contributed by atoms with Crippen LogP contribution in [0.5, 0.6) is 0 Å². The Morgan fingerprint density at radius 1 is 1.19 bits per heavy atom. The highest BCUT2D eigenvalue weighted by atomic mass is 32.2. The molecule has 3 rings (SSSR count). The summed E-state index contributed by atoms with van der Waals surface area (Å²) in [7, 11) is 0. The highest BCUT2D eigenvalue weighted by Gasteiger charge is 2.25. The van der Waals surface area contributed by atoms with Gasteiger partial charge in [0.2, 0.25) is 0 Å². The zero-order valence-corrected chi connectivity index (χ0v) is 13.6. The van der Waals surface area contributed by atoms with Gasteiger partial charge < -0.3 is 5.32 Å². The smallest absolute Gasteiger partial charge is 0.0292 e. The molecule has 2 aromatic carbocycles. The van der Waals surface area contributed by atoms with Crippen LogP contribution in [0.2, 0.25) is 0 Å². The Hall–Kier alpha value is -1.25. The van der Waals surface area contributed by atoms with Crippen LogP contribution in [0.4, 0.5) is 0 Å². The van der Waals surface area contributed by atoms with Crippen LogP contribution < -0.4 is 5.32 Å². The van der Waals surface area contributed by atoms with Gasteiger partial charge in [-0.25, -0.2) is 0 Å². The van der Waals surface area contributed by atoms with Crippen LogP contribution in [0.15, 0.2) is 53.4 Å². The Labute approximate surface area is 132 Å². The summed E-state index contributed by atoms with van der Waals surface area (Å²) in [5, 5.41) is 3.48. The third kappa shape index (κ3) is 3.33. The highest BCUT2D eigenvalue weighted by Crippen LogP contribution is 2.38. The minimum atomic E-state index is 0.431. The summed E-state index contributed by atoms with van der Waals surface area (Å²) in [5.74, 6) is 1.93. The second kappa shape index (κ2) is 6.67. The highest BCUT2D eigenvalue weighted by molar-refractivity contribution is 7.99. The Morgan fingerprint density at radius 2 is 2.05 bits per heavy atom. The van der Waals surface area contributed by atoms with E-state index >= 15 is 0 Å². The molecule has 1 nitrogen and oxygen atoms in total. The summed E-state index contributed by atoms with van der Waals surface area (Å²) in [6, 6.07) is 18.3. The number of hydrogen-bond donors (Lipinski definition) is 1. The van der Waals surface area contributed by atoms with Gasteiger partial charge in [-0.15, -0.1) is 11.8 Å². The van der Waals surface area contributed by atoms with Gasteiger partial charge >= 0.3 is 0 Å². The molecule has 21 heavy (non-hydrogen) atoms. The molecule has 1 aliphatic rings. The Morgan fingerprint density at radius 3 is 2.86 bits per heavy atom. The lowest BCUT2D eigenvalue weighted by Gasteiger charge is -2.29. The van der Waals surface area contributed by atoms with E-state index in [1.54, 1.807) is 5.56 Å². The van der Waals surface area contributed by atoms with E-state index in [-0.39, 0.29) is 0 Å². The minimum Gasteiger partial charge on any atom is -0.310 e. The second-order valence-electron chi connectivity index (χ2n) is 5.76. The van der Waals surface area contributed by atoms with Gasteiger partial charge in [0.05, 0.1) is 0 Å². The normalized spacial score (nSPS) is 17.9. The molecular weight excluding hydrogens is 274 g/mol. The van der Waals surface area contributed by atoms with Gasteiger partial charge in [-0.2, -0.15) is 0 Å². The average Bonchev–Trinajstić information content (AvgIpc) is 2.49. The quantitative estimate of drug-likeness (QED) is 0.769. The van der Waals surface area contributed by atoms with Crippen LogP contribution in [0, 0.1) is 0 Å². The number of hydrogen-bond acceptors (Lipinski definition) is 2. The number of benzene rings is 2. The number of thioether (sulfide) groups is 1. The van der Waals surface area contributed by atoms with E-state index in [4.69, 9.17) is 0 Å². The number of fused-ring (bicyclic) bond motifs is 1. The molecule has 1 aliphatic carbocycles. The molecule has 0 aliphatic heterocycles. The van der Waals surface area contributed by atoms with Gasteiger partial charge in [-0.05, 0) is 54.6 Å². The second-order valence-corrected chi connectivity index (χ2v) is 6.86. The maximum absolute atomic E-state index is 3.48. The zero-order chi connectivity index (χ0) is 14.7. The van der Waals surface area contributed by atoms with Crippen LogP contribution in [-0.2, 0) is 6.42 Å². The van der Waals surface area contributed by atoms with Crippen molar-refractivity contribution in [1.82, 2.24) is 5.32 Å². The van der Waals surface area contributed by atoms with E-state index in [1.165, 1.54) is 28.2 Å². The SMILES string of the molecule is CCNC(C)c1cccc(SCC2Cc3ccccc32)c1. The van der Waals surface area contributed by atoms with Gasteiger partial charge in [0, 0.05) is 16.7 Å². The number of nitrogens with one attached hydrogen (secondary N) is 1. The van der Waals surface area contributed by atoms with Gasteiger partial charge in [-0.3, -0.25) is 0 Å².